The molecule has 130 valence electrons. The van der Waals surface area contributed by atoms with Crippen molar-refractivity contribution in [3.63, 3.8) is 0 Å². The Hall–Kier alpha value is -3.79. The first kappa shape index (κ1) is 17.0. The fourth-order valence-corrected chi connectivity index (χ4v) is 2.45. The van der Waals surface area contributed by atoms with Crippen molar-refractivity contribution >= 4 is 28.4 Å². The Morgan fingerprint density at radius 3 is 2.31 bits per heavy atom. The molecule has 0 radical (unpaired) electrons. The molecule has 0 atom stereocenters. The summed E-state index contributed by atoms with van der Waals surface area (Å²) in [6, 6.07) is 11.3. The van der Waals surface area contributed by atoms with E-state index in [2.05, 4.69) is 15.5 Å². The lowest BCUT2D eigenvalue weighted by Gasteiger charge is -2.17. The summed E-state index contributed by atoms with van der Waals surface area (Å²) in [6.45, 7) is 9.23. The van der Waals surface area contributed by atoms with Gasteiger partial charge in [-0.2, -0.15) is 0 Å². The van der Waals surface area contributed by atoms with Gasteiger partial charge >= 0.3 is 0 Å². The second kappa shape index (κ2) is 6.99. The predicted molar refractivity (Wildman–Crippen MR) is 99.9 cm³/mol. The SMILES string of the molecule is [C-]#[N+]c1ccc(Nc2c(Nc3ccccc3OCC)c(=O)c2=O)c(O)c1. The first-order valence-corrected chi connectivity index (χ1v) is 7.84. The number of phenols is 1. The number of nitrogens with one attached hydrogen (secondary N) is 2. The predicted octanol–water partition coefficient (Wildman–Crippen LogP) is 3.42. The largest absolute Gasteiger partial charge is 0.507 e. The van der Waals surface area contributed by atoms with Gasteiger partial charge in [-0.05, 0) is 31.2 Å². The van der Waals surface area contributed by atoms with Gasteiger partial charge in [-0.25, -0.2) is 4.85 Å². The van der Waals surface area contributed by atoms with Crippen LogP contribution in [0.3, 0.4) is 0 Å². The number of anilines is 4. The van der Waals surface area contributed by atoms with Crippen molar-refractivity contribution in [2.75, 3.05) is 17.2 Å². The van der Waals surface area contributed by atoms with E-state index in [4.69, 9.17) is 11.3 Å². The third-order valence-electron chi connectivity index (χ3n) is 3.73. The molecule has 0 bridgehead atoms. The highest BCUT2D eigenvalue weighted by Gasteiger charge is 2.23. The maximum atomic E-state index is 12.0. The van der Waals surface area contributed by atoms with E-state index >= 15 is 0 Å². The lowest BCUT2D eigenvalue weighted by atomic mass is 10.1. The molecule has 0 saturated carbocycles. The Morgan fingerprint density at radius 2 is 1.69 bits per heavy atom. The number of hydrogen-bond acceptors (Lipinski definition) is 6. The molecule has 0 saturated heterocycles. The Bertz CT molecular complexity index is 1080. The van der Waals surface area contributed by atoms with Crippen LogP contribution in [-0.4, -0.2) is 11.7 Å². The van der Waals surface area contributed by atoms with Crippen LogP contribution in [0, 0.1) is 6.57 Å². The summed E-state index contributed by atoms with van der Waals surface area (Å²) in [5.41, 5.74) is -0.154. The topological polar surface area (TPSA) is 92.0 Å². The number of hydrogen-bond donors (Lipinski definition) is 3. The molecule has 3 rings (SSSR count). The molecule has 26 heavy (non-hydrogen) atoms. The van der Waals surface area contributed by atoms with Gasteiger partial charge in [-0.15, -0.1) is 0 Å². The molecule has 0 heterocycles. The van der Waals surface area contributed by atoms with E-state index in [0.717, 1.165) is 0 Å². The fourth-order valence-electron chi connectivity index (χ4n) is 2.45. The molecule has 0 fully saturated rings. The van der Waals surface area contributed by atoms with Crippen molar-refractivity contribution in [1.29, 1.82) is 0 Å². The van der Waals surface area contributed by atoms with Crippen molar-refractivity contribution in [1.82, 2.24) is 0 Å². The van der Waals surface area contributed by atoms with Crippen molar-refractivity contribution in [2.45, 2.75) is 6.92 Å². The average molecular weight is 349 g/mol. The van der Waals surface area contributed by atoms with Gasteiger partial charge in [0.05, 0.1) is 24.6 Å². The Kier molecular flexibility index (Phi) is 4.58. The smallest absolute Gasteiger partial charge is 0.253 e. The summed E-state index contributed by atoms with van der Waals surface area (Å²) < 4.78 is 5.50. The lowest BCUT2D eigenvalue weighted by molar-refractivity contribution is 0.342. The second-order valence-corrected chi connectivity index (χ2v) is 5.40. The molecule has 0 amide bonds. The van der Waals surface area contributed by atoms with Crippen LogP contribution >= 0.6 is 0 Å². The van der Waals surface area contributed by atoms with Gasteiger partial charge in [0.1, 0.15) is 22.9 Å². The maximum absolute atomic E-state index is 12.0. The third kappa shape index (κ3) is 3.08. The average Bonchev–Trinajstić information content (AvgIpc) is 2.66. The van der Waals surface area contributed by atoms with Crippen molar-refractivity contribution in [2.24, 2.45) is 0 Å². The first-order chi connectivity index (χ1) is 12.5. The van der Waals surface area contributed by atoms with E-state index in [1.165, 1.54) is 18.2 Å². The Labute approximate surface area is 149 Å². The fraction of sp³-hybridized carbons (Fsp3) is 0.105. The number of para-hydroxylation sites is 2. The van der Waals surface area contributed by atoms with Gasteiger partial charge in [0.25, 0.3) is 10.9 Å². The highest BCUT2D eigenvalue weighted by atomic mass is 16.5. The number of ether oxygens (including phenoxy) is 1. The van der Waals surface area contributed by atoms with E-state index in [-0.39, 0.29) is 28.5 Å². The molecular formula is C19H15N3O4. The first-order valence-electron chi connectivity index (χ1n) is 7.84. The van der Waals surface area contributed by atoms with E-state index < -0.39 is 10.9 Å². The molecule has 0 aromatic heterocycles. The number of rotatable bonds is 6. The van der Waals surface area contributed by atoms with Gasteiger partial charge in [0.15, 0.2) is 5.69 Å². The molecule has 3 aromatic carbocycles. The van der Waals surface area contributed by atoms with E-state index in [9.17, 15) is 14.7 Å². The Balaban J connectivity index is 1.91. The lowest BCUT2D eigenvalue weighted by Crippen LogP contribution is -2.35. The van der Waals surface area contributed by atoms with Gasteiger partial charge in [0.2, 0.25) is 0 Å². The molecule has 0 aliphatic rings. The monoisotopic (exact) mass is 349 g/mol. The minimum atomic E-state index is -0.685. The van der Waals surface area contributed by atoms with Crippen LogP contribution in [0.15, 0.2) is 52.1 Å². The zero-order chi connectivity index (χ0) is 18.7. The van der Waals surface area contributed by atoms with Crippen LogP contribution in [-0.2, 0) is 0 Å². The van der Waals surface area contributed by atoms with Crippen molar-refractivity contribution < 1.29 is 9.84 Å². The third-order valence-corrected chi connectivity index (χ3v) is 3.73. The summed E-state index contributed by atoms with van der Waals surface area (Å²) in [4.78, 5) is 27.1. The highest BCUT2D eigenvalue weighted by Crippen LogP contribution is 2.34. The number of phenolic OH excluding ortho intramolecular Hbond substituents is 1. The van der Waals surface area contributed by atoms with E-state index in [0.29, 0.717) is 18.0 Å². The van der Waals surface area contributed by atoms with Crippen LogP contribution in [0.5, 0.6) is 11.5 Å². The van der Waals surface area contributed by atoms with Gasteiger partial charge in [-0.1, -0.05) is 18.2 Å². The molecular weight excluding hydrogens is 334 g/mol. The van der Waals surface area contributed by atoms with Crippen molar-refractivity contribution in [3.05, 3.63) is 74.3 Å². The maximum Gasteiger partial charge on any atom is 0.253 e. The molecule has 0 unspecified atom stereocenters. The summed E-state index contributed by atoms with van der Waals surface area (Å²) in [6.07, 6.45) is 0. The zero-order valence-electron chi connectivity index (χ0n) is 13.9. The van der Waals surface area contributed by atoms with Crippen LogP contribution in [0.1, 0.15) is 6.92 Å². The molecule has 3 aromatic rings. The van der Waals surface area contributed by atoms with Gasteiger partial charge < -0.3 is 20.5 Å². The van der Waals surface area contributed by atoms with Crippen LogP contribution in [0.2, 0.25) is 0 Å². The quantitative estimate of drug-likeness (QED) is 0.359. The highest BCUT2D eigenvalue weighted by molar-refractivity contribution is 5.84. The van der Waals surface area contributed by atoms with Crippen LogP contribution < -0.4 is 26.2 Å². The molecule has 3 N–H and O–H groups in total. The van der Waals surface area contributed by atoms with Crippen LogP contribution in [0.4, 0.5) is 28.4 Å². The normalized spacial score (nSPS) is 10.3. The van der Waals surface area contributed by atoms with E-state index in [1.807, 2.05) is 6.92 Å². The molecule has 7 heteroatoms. The summed E-state index contributed by atoms with van der Waals surface area (Å²) in [5.74, 6) is 0.366. The van der Waals surface area contributed by atoms with Crippen LogP contribution in [0.25, 0.3) is 4.85 Å². The van der Waals surface area contributed by atoms with E-state index in [1.54, 1.807) is 24.3 Å². The minimum absolute atomic E-state index is 0.0483. The zero-order valence-corrected chi connectivity index (χ0v) is 13.9. The molecule has 0 aliphatic heterocycles. The van der Waals surface area contributed by atoms with Gasteiger partial charge in [-0.3, -0.25) is 9.59 Å². The Morgan fingerprint density at radius 1 is 1.04 bits per heavy atom. The number of nitrogens with zero attached hydrogens (tertiary/aromatic N) is 1. The van der Waals surface area contributed by atoms with Crippen molar-refractivity contribution in [3.8, 4) is 11.5 Å². The molecule has 7 nitrogen and oxygen atoms in total. The summed E-state index contributed by atoms with van der Waals surface area (Å²) >= 11 is 0. The second-order valence-electron chi connectivity index (χ2n) is 5.40. The van der Waals surface area contributed by atoms with Gasteiger partial charge in [0, 0.05) is 0 Å². The molecule has 0 aliphatic carbocycles. The standard InChI is InChI=1S/C19H15N3O4/c1-3-26-15-7-5-4-6-13(15)22-17-16(18(24)19(17)25)21-12-9-8-11(20-2)10-14(12)23/h4-10,21-23H,3H2,1H3. The summed E-state index contributed by atoms with van der Waals surface area (Å²) in [5, 5.41) is 15.6. The molecule has 0 spiro atoms. The number of aromatic hydroxyl groups is 1. The summed E-state index contributed by atoms with van der Waals surface area (Å²) in [7, 11) is 0. The minimum Gasteiger partial charge on any atom is -0.507 e. The number of benzene rings is 2.